The molecule has 2 rings (SSSR count). The number of carbonyl (C=O) groups is 2. The lowest BCUT2D eigenvalue weighted by Gasteiger charge is -2.33. The summed E-state index contributed by atoms with van der Waals surface area (Å²) in [5.41, 5.74) is 4.29. The molecule has 1 aliphatic carbocycles. The van der Waals surface area contributed by atoms with E-state index in [1.807, 2.05) is 0 Å². The van der Waals surface area contributed by atoms with Crippen molar-refractivity contribution in [2.45, 2.75) is 65.2 Å². The van der Waals surface area contributed by atoms with E-state index in [1.165, 1.54) is 15.4 Å². The molecule has 2 unspecified atom stereocenters. The summed E-state index contributed by atoms with van der Waals surface area (Å²) < 4.78 is 33.2. The van der Waals surface area contributed by atoms with Crippen molar-refractivity contribution in [3.05, 3.63) is 47.1 Å². The third kappa shape index (κ3) is 11.8. The van der Waals surface area contributed by atoms with E-state index in [1.54, 1.807) is 28.3 Å². The fourth-order valence-electron chi connectivity index (χ4n) is 4.94. The monoisotopic (exact) mass is 604 g/mol. The summed E-state index contributed by atoms with van der Waals surface area (Å²) >= 11 is 0. The molecule has 0 N–H and O–H groups in total. The molecule has 1 aromatic rings. The highest BCUT2D eigenvalue weighted by Crippen LogP contribution is 2.47. The van der Waals surface area contributed by atoms with E-state index in [0.29, 0.717) is 24.7 Å². The van der Waals surface area contributed by atoms with Crippen LogP contribution in [0.3, 0.4) is 0 Å². The molecule has 0 bridgehead atoms. The summed E-state index contributed by atoms with van der Waals surface area (Å²) in [4.78, 5) is 27.8. The Hall–Kier alpha value is -3.24. The smallest absolute Gasteiger partial charge is 0.412 e. The zero-order valence-corrected chi connectivity index (χ0v) is 27.2. The van der Waals surface area contributed by atoms with Gasteiger partial charge in [0, 0.05) is 39.8 Å². The number of ether oxygens (including phenoxy) is 6. The van der Waals surface area contributed by atoms with Crippen molar-refractivity contribution in [3.63, 3.8) is 0 Å². The molecule has 0 saturated heterocycles. The normalized spacial score (nSPS) is 16.2. The van der Waals surface area contributed by atoms with Crippen molar-refractivity contribution < 1.29 is 38.0 Å². The van der Waals surface area contributed by atoms with Crippen LogP contribution in [0.15, 0.2) is 35.9 Å². The average Bonchev–Trinajstić information content (AvgIpc) is 2.98. The largest absolute Gasteiger partial charge is 0.472 e. The number of hydrogen-bond donors (Lipinski definition) is 0. The van der Waals surface area contributed by atoms with Crippen LogP contribution >= 0.6 is 0 Å². The summed E-state index contributed by atoms with van der Waals surface area (Å²) in [6, 6.07) is 4.11. The highest BCUT2D eigenvalue weighted by atomic mass is 16.6. The Morgan fingerprint density at radius 1 is 0.907 bits per heavy atom. The lowest BCUT2D eigenvalue weighted by molar-refractivity contribution is 0.0583. The van der Waals surface area contributed by atoms with Crippen LogP contribution in [0.4, 0.5) is 9.59 Å². The van der Waals surface area contributed by atoms with Gasteiger partial charge in [0.25, 0.3) is 0 Å². The summed E-state index contributed by atoms with van der Waals surface area (Å²) in [6.45, 7) is 11.6. The van der Waals surface area contributed by atoms with E-state index < -0.39 is 12.2 Å². The number of amides is 2. The molecule has 2 amide bonds. The summed E-state index contributed by atoms with van der Waals surface area (Å²) in [5, 5.41) is 0. The molecule has 0 saturated carbocycles. The number of nitrogens with zero attached hydrogens (tertiary/aromatic N) is 2. The molecule has 0 aliphatic heterocycles. The zero-order valence-electron chi connectivity index (χ0n) is 27.2. The van der Waals surface area contributed by atoms with Gasteiger partial charge < -0.3 is 28.4 Å². The van der Waals surface area contributed by atoms with Gasteiger partial charge in [0.15, 0.2) is 13.5 Å². The van der Waals surface area contributed by atoms with Gasteiger partial charge in [-0.15, -0.1) is 0 Å². The highest BCUT2D eigenvalue weighted by molar-refractivity contribution is 5.67. The number of aryl methyl sites for hydroxylation is 1. The maximum atomic E-state index is 12.5. The molecular weight excluding hydrogens is 552 g/mol. The minimum absolute atomic E-state index is 0.0183. The predicted molar refractivity (Wildman–Crippen MR) is 167 cm³/mol. The fraction of sp³-hybridized carbons (Fsp3) is 0.636. The molecule has 0 radical (unpaired) electrons. The van der Waals surface area contributed by atoms with E-state index in [9.17, 15) is 9.59 Å². The lowest BCUT2D eigenvalue weighted by Crippen LogP contribution is -2.33. The van der Waals surface area contributed by atoms with Crippen molar-refractivity contribution in [2.75, 3.05) is 68.2 Å². The van der Waals surface area contributed by atoms with Crippen LogP contribution in [-0.4, -0.2) is 90.2 Å². The number of methoxy groups -OCH3 is 2. The van der Waals surface area contributed by atoms with Crippen molar-refractivity contribution in [3.8, 4) is 11.5 Å². The van der Waals surface area contributed by atoms with Crippen LogP contribution in [0.1, 0.15) is 69.9 Å². The second-order valence-electron chi connectivity index (χ2n) is 11.2. The van der Waals surface area contributed by atoms with Crippen LogP contribution in [-0.2, 0) is 25.4 Å². The first-order valence-corrected chi connectivity index (χ1v) is 15.1. The van der Waals surface area contributed by atoms with Gasteiger partial charge in [-0.1, -0.05) is 43.6 Å². The molecule has 242 valence electrons. The molecule has 0 heterocycles. The highest BCUT2D eigenvalue weighted by Gasteiger charge is 2.32. The Morgan fingerprint density at radius 2 is 1.44 bits per heavy atom. The number of benzene rings is 1. The molecule has 0 aromatic heterocycles. The summed E-state index contributed by atoms with van der Waals surface area (Å²) in [6.07, 6.45) is 7.26. The van der Waals surface area contributed by atoms with Crippen LogP contribution in [0.25, 0.3) is 0 Å². The van der Waals surface area contributed by atoms with Crippen molar-refractivity contribution in [2.24, 2.45) is 5.92 Å². The predicted octanol–water partition coefficient (Wildman–Crippen LogP) is 6.54. The Bertz CT molecular complexity index is 1020. The molecule has 10 nitrogen and oxygen atoms in total. The third-order valence-electron chi connectivity index (χ3n) is 7.42. The van der Waals surface area contributed by atoms with E-state index in [-0.39, 0.29) is 38.5 Å². The zero-order chi connectivity index (χ0) is 31.8. The van der Waals surface area contributed by atoms with Gasteiger partial charge in [-0.3, -0.25) is 9.80 Å². The van der Waals surface area contributed by atoms with Gasteiger partial charge >= 0.3 is 12.2 Å². The van der Waals surface area contributed by atoms with Crippen LogP contribution in [0.5, 0.6) is 11.5 Å². The first kappa shape index (κ1) is 36.0. The maximum absolute atomic E-state index is 12.5. The standard InChI is InChI=1S/C33H52N2O8/c1-9-10-11-12-26-20-29(42-22-34(5)32(36)40-17-15-38-7)31(28-19-25(4)13-14-27(28)24(2)3)30(21-26)43-23-35(6)33(37)41-18-16-39-8/h19-21,27-28H,2,9-18,22-23H2,1,3-8H3. The molecule has 1 aliphatic rings. The van der Waals surface area contributed by atoms with Gasteiger partial charge in [0.1, 0.15) is 24.7 Å². The number of unbranched alkanes of at least 4 members (excludes halogenated alkanes) is 2. The Kier molecular flexibility index (Phi) is 16.0. The summed E-state index contributed by atoms with van der Waals surface area (Å²) in [7, 11) is 6.36. The van der Waals surface area contributed by atoms with Crippen LogP contribution in [0, 0.1) is 5.92 Å². The molecule has 43 heavy (non-hydrogen) atoms. The first-order chi connectivity index (χ1) is 20.6. The quantitative estimate of drug-likeness (QED) is 0.106. The molecule has 0 spiro atoms. The molecule has 2 atom stereocenters. The van der Waals surface area contributed by atoms with Crippen LogP contribution < -0.4 is 9.47 Å². The van der Waals surface area contributed by atoms with Gasteiger partial charge in [0.2, 0.25) is 0 Å². The Morgan fingerprint density at radius 3 is 1.91 bits per heavy atom. The fourth-order valence-corrected chi connectivity index (χ4v) is 4.94. The first-order valence-electron chi connectivity index (χ1n) is 15.1. The molecule has 10 heteroatoms. The van der Waals surface area contributed by atoms with Gasteiger partial charge in [-0.25, -0.2) is 9.59 Å². The molecule has 1 aromatic carbocycles. The second-order valence-corrected chi connectivity index (χ2v) is 11.2. The number of rotatable bonds is 18. The van der Waals surface area contributed by atoms with Gasteiger partial charge in [-0.05, 0) is 63.1 Å². The topological polar surface area (TPSA) is 96.0 Å². The molecular formula is C33H52N2O8. The van der Waals surface area contributed by atoms with E-state index in [4.69, 9.17) is 28.4 Å². The van der Waals surface area contributed by atoms with E-state index in [2.05, 4.69) is 45.6 Å². The van der Waals surface area contributed by atoms with Gasteiger partial charge in [0.05, 0.1) is 13.2 Å². The lowest BCUT2D eigenvalue weighted by atomic mass is 9.73. The average molecular weight is 605 g/mol. The second kappa shape index (κ2) is 19.1. The minimum atomic E-state index is -0.504. The number of carbonyl (C=O) groups excluding carboxylic acids is 2. The van der Waals surface area contributed by atoms with Crippen molar-refractivity contribution in [1.82, 2.24) is 9.80 Å². The van der Waals surface area contributed by atoms with Crippen molar-refractivity contribution >= 4 is 12.2 Å². The maximum Gasteiger partial charge on any atom is 0.412 e. The Labute approximate surface area is 257 Å². The van der Waals surface area contributed by atoms with Crippen molar-refractivity contribution in [1.29, 1.82) is 0 Å². The number of hydrogen-bond acceptors (Lipinski definition) is 8. The minimum Gasteiger partial charge on any atom is -0.472 e. The van der Waals surface area contributed by atoms with E-state index in [0.717, 1.165) is 55.2 Å². The number of allylic oxidation sites excluding steroid dienone is 3. The van der Waals surface area contributed by atoms with Gasteiger partial charge in [-0.2, -0.15) is 0 Å². The summed E-state index contributed by atoms with van der Waals surface area (Å²) in [5.74, 6) is 1.38. The Balaban J connectivity index is 2.49. The SMILES string of the molecule is C=C(C)C1CCC(C)=CC1c1c(OCN(C)C(=O)OCCOC)cc(CCCCC)cc1OCN(C)C(=O)OCCOC. The molecule has 0 fully saturated rings. The third-order valence-corrected chi connectivity index (χ3v) is 7.42. The van der Waals surface area contributed by atoms with E-state index >= 15 is 0 Å². The van der Waals surface area contributed by atoms with Crippen LogP contribution in [0.2, 0.25) is 0 Å².